The molecular weight excluding hydrogens is 378 g/mol. The Hall–Kier alpha value is -2.23. The molecule has 1 aliphatic rings. The largest absolute Gasteiger partial charge is 0.307 e. The molecule has 1 aromatic heterocycles. The minimum Gasteiger partial charge on any atom is -0.307 e. The highest BCUT2D eigenvalue weighted by molar-refractivity contribution is 7.89. The van der Waals surface area contributed by atoms with E-state index in [2.05, 4.69) is 27.1 Å². The van der Waals surface area contributed by atoms with E-state index >= 15 is 0 Å². The lowest BCUT2D eigenvalue weighted by Crippen LogP contribution is -2.32. The fourth-order valence-electron chi connectivity index (χ4n) is 3.24. The van der Waals surface area contributed by atoms with Crippen LogP contribution in [0.25, 0.3) is 0 Å². The predicted molar refractivity (Wildman–Crippen MR) is 108 cm³/mol. The van der Waals surface area contributed by atoms with E-state index in [0.29, 0.717) is 24.3 Å². The third kappa shape index (κ3) is 4.78. The number of likely N-dealkylation sites (tertiary alicyclic amines) is 1. The van der Waals surface area contributed by atoms with Gasteiger partial charge in [0.25, 0.3) is 5.91 Å². The van der Waals surface area contributed by atoms with Crippen LogP contribution >= 0.6 is 0 Å². The first-order valence-electron chi connectivity index (χ1n) is 9.54. The Balaban J connectivity index is 1.68. The average Bonchev–Trinajstić information content (AvgIpc) is 3.15. The molecule has 1 saturated heterocycles. The second-order valence-corrected chi connectivity index (χ2v) is 8.84. The zero-order chi connectivity index (χ0) is 20.1. The monoisotopic (exact) mass is 405 g/mol. The Bertz CT molecular complexity index is 900. The van der Waals surface area contributed by atoms with Gasteiger partial charge in [0, 0.05) is 18.2 Å². The quantitative estimate of drug-likeness (QED) is 0.735. The van der Waals surface area contributed by atoms with Crippen molar-refractivity contribution in [2.75, 3.05) is 32.0 Å². The van der Waals surface area contributed by atoms with E-state index in [4.69, 9.17) is 0 Å². The fourth-order valence-corrected chi connectivity index (χ4v) is 4.37. The third-order valence-electron chi connectivity index (χ3n) is 4.91. The molecule has 2 heterocycles. The SMILES string of the molecule is CCCNS(=O)(=O)c1ccc(C(=O)Nc2ccnn2C2CCN(C)CC2)cc1. The summed E-state index contributed by atoms with van der Waals surface area (Å²) in [5.74, 6) is 0.362. The second-order valence-electron chi connectivity index (χ2n) is 7.07. The Kier molecular flexibility index (Phi) is 6.48. The predicted octanol–water partition coefficient (Wildman–Crippen LogP) is 2.09. The van der Waals surface area contributed by atoms with Crippen molar-refractivity contribution in [1.29, 1.82) is 0 Å². The molecule has 1 aliphatic heterocycles. The van der Waals surface area contributed by atoms with Crippen molar-refractivity contribution in [2.24, 2.45) is 0 Å². The van der Waals surface area contributed by atoms with Crippen LogP contribution in [0.2, 0.25) is 0 Å². The molecule has 2 N–H and O–H groups in total. The summed E-state index contributed by atoms with van der Waals surface area (Å²) in [6.45, 7) is 4.28. The Labute approximate surface area is 166 Å². The molecule has 8 nitrogen and oxygen atoms in total. The second kappa shape index (κ2) is 8.85. The smallest absolute Gasteiger partial charge is 0.256 e. The maximum Gasteiger partial charge on any atom is 0.256 e. The van der Waals surface area contributed by atoms with E-state index in [0.717, 1.165) is 25.9 Å². The number of nitrogens with one attached hydrogen (secondary N) is 2. The van der Waals surface area contributed by atoms with Gasteiger partial charge in [0.1, 0.15) is 5.82 Å². The summed E-state index contributed by atoms with van der Waals surface area (Å²) in [6.07, 6.45) is 4.37. The first kappa shape index (κ1) is 20.5. The van der Waals surface area contributed by atoms with Crippen LogP contribution in [-0.4, -0.2) is 55.7 Å². The molecule has 9 heteroatoms. The summed E-state index contributed by atoms with van der Waals surface area (Å²) in [6, 6.07) is 7.98. The molecule has 0 spiro atoms. The van der Waals surface area contributed by atoms with Crippen molar-refractivity contribution in [3.05, 3.63) is 42.1 Å². The Morgan fingerprint density at radius 2 is 1.86 bits per heavy atom. The van der Waals surface area contributed by atoms with Crippen molar-refractivity contribution >= 4 is 21.7 Å². The number of hydrogen-bond acceptors (Lipinski definition) is 5. The van der Waals surface area contributed by atoms with Crippen LogP contribution in [0.1, 0.15) is 42.6 Å². The van der Waals surface area contributed by atoms with E-state index < -0.39 is 10.0 Å². The molecule has 152 valence electrons. The van der Waals surface area contributed by atoms with Gasteiger partial charge in [-0.3, -0.25) is 4.79 Å². The minimum atomic E-state index is -3.54. The maximum absolute atomic E-state index is 12.6. The van der Waals surface area contributed by atoms with E-state index in [1.807, 2.05) is 11.6 Å². The standard InChI is InChI=1S/C19H27N5O3S/c1-3-11-21-28(26,27)17-6-4-15(5-7-17)19(25)22-18-8-12-20-24(18)16-9-13-23(2)14-10-16/h4-8,12,16,21H,3,9-11,13-14H2,1-2H3,(H,22,25). The molecule has 2 aromatic rings. The zero-order valence-corrected chi connectivity index (χ0v) is 17.1. The summed E-state index contributed by atoms with van der Waals surface area (Å²) in [5.41, 5.74) is 0.394. The lowest BCUT2D eigenvalue weighted by atomic mass is 10.1. The number of hydrogen-bond donors (Lipinski definition) is 2. The maximum atomic E-state index is 12.6. The first-order chi connectivity index (χ1) is 13.4. The van der Waals surface area contributed by atoms with Gasteiger partial charge in [0.15, 0.2) is 0 Å². The molecule has 0 radical (unpaired) electrons. The summed E-state index contributed by atoms with van der Waals surface area (Å²) in [4.78, 5) is 15.0. The summed E-state index contributed by atoms with van der Waals surface area (Å²) in [5, 5.41) is 7.27. The number of carbonyl (C=O) groups is 1. The van der Waals surface area contributed by atoms with Crippen molar-refractivity contribution in [3.63, 3.8) is 0 Å². The van der Waals surface area contributed by atoms with Gasteiger partial charge in [-0.2, -0.15) is 5.10 Å². The van der Waals surface area contributed by atoms with Crippen molar-refractivity contribution in [3.8, 4) is 0 Å². The van der Waals surface area contributed by atoms with Crippen LogP contribution in [0.15, 0.2) is 41.4 Å². The van der Waals surface area contributed by atoms with Crippen LogP contribution in [0, 0.1) is 0 Å². The van der Waals surface area contributed by atoms with Crippen LogP contribution < -0.4 is 10.0 Å². The van der Waals surface area contributed by atoms with Crippen molar-refractivity contribution in [2.45, 2.75) is 37.1 Å². The van der Waals surface area contributed by atoms with Gasteiger partial charge >= 0.3 is 0 Å². The Morgan fingerprint density at radius 3 is 2.50 bits per heavy atom. The first-order valence-corrected chi connectivity index (χ1v) is 11.0. The summed E-state index contributed by atoms with van der Waals surface area (Å²) >= 11 is 0. The number of sulfonamides is 1. The zero-order valence-electron chi connectivity index (χ0n) is 16.3. The molecule has 0 atom stereocenters. The van der Waals surface area contributed by atoms with E-state index in [1.165, 1.54) is 24.3 Å². The van der Waals surface area contributed by atoms with Crippen molar-refractivity contribution in [1.82, 2.24) is 19.4 Å². The highest BCUT2D eigenvalue weighted by Gasteiger charge is 2.22. The third-order valence-corrected chi connectivity index (χ3v) is 6.39. The van der Waals surface area contributed by atoms with E-state index in [-0.39, 0.29) is 16.8 Å². The van der Waals surface area contributed by atoms with E-state index in [9.17, 15) is 13.2 Å². The van der Waals surface area contributed by atoms with Gasteiger partial charge in [-0.25, -0.2) is 17.8 Å². The number of piperidine rings is 1. The molecule has 1 amide bonds. The Morgan fingerprint density at radius 1 is 1.18 bits per heavy atom. The number of carbonyl (C=O) groups excluding carboxylic acids is 1. The molecule has 0 unspecified atom stereocenters. The number of benzene rings is 1. The molecule has 1 fully saturated rings. The molecule has 0 saturated carbocycles. The normalized spacial score (nSPS) is 16.2. The average molecular weight is 406 g/mol. The van der Waals surface area contributed by atoms with Crippen LogP contribution in [0.4, 0.5) is 5.82 Å². The number of nitrogens with zero attached hydrogens (tertiary/aromatic N) is 3. The number of anilines is 1. The number of rotatable bonds is 7. The van der Waals surface area contributed by atoms with Gasteiger partial charge in [-0.05, 0) is 63.7 Å². The van der Waals surface area contributed by atoms with Gasteiger partial charge in [-0.15, -0.1) is 0 Å². The highest BCUT2D eigenvalue weighted by Crippen LogP contribution is 2.25. The lowest BCUT2D eigenvalue weighted by molar-refractivity contribution is 0.102. The van der Waals surface area contributed by atoms with Gasteiger partial charge < -0.3 is 10.2 Å². The van der Waals surface area contributed by atoms with Crippen LogP contribution in [-0.2, 0) is 10.0 Å². The van der Waals surface area contributed by atoms with Gasteiger partial charge in [0.05, 0.1) is 17.1 Å². The van der Waals surface area contributed by atoms with E-state index in [1.54, 1.807) is 12.3 Å². The molecule has 0 aliphatic carbocycles. The van der Waals surface area contributed by atoms with Gasteiger partial charge in [0.2, 0.25) is 10.0 Å². The topological polar surface area (TPSA) is 96.3 Å². The molecule has 3 rings (SSSR count). The van der Waals surface area contributed by atoms with Gasteiger partial charge in [-0.1, -0.05) is 6.92 Å². The molecule has 28 heavy (non-hydrogen) atoms. The van der Waals surface area contributed by atoms with Crippen LogP contribution in [0.5, 0.6) is 0 Å². The fraction of sp³-hybridized carbons (Fsp3) is 0.474. The summed E-state index contributed by atoms with van der Waals surface area (Å²) in [7, 11) is -1.44. The van der Waals surface area contributed by atoms with Crippen LogP contribution in [0.3, 0.4) is 0 Å². The highest BCUT2D eigenvalue weighted by atomic mass is 32.2. The minimum absolute atomic E-state index is 0.147. The number of amides is 1. The molecule has 1 aromatic carbocycles. The molecular formula is C19H27N5O3S. The lowest BCUT2D eigenvalue weighted by Gasteiger charge is -2.30. The van der Waals surface area contributed by atoms with Crippen molar-refractivity contribution < 1.29 is 13.2 Å². The number of aromatic nitrogens is 2. The molecule has 0 bridgehead atoms. The summed E-state index contributed by atoms with van der Waals surface area (Å²) < 4.78 is 28.7.